The van der Waals surface area contributed by atoms with Crippen molar-refractivity contribution in [3.63, 3.8) is 0 Å². The molecule has 6 heteroatoms. The lowest BCUT2D eigenvalue weighted by atomic mass is 10.1. The van der Waals surface area contributed by atoms with Gasteiger partial charge in [0.15, 0.2) is 0 Å². The highest BCUT2D eigenvalue weighted by Crippen LogP contribution is 2.30. The van der Waals surface area contributed by atoms with Crippen LogP contribution in [-0.2, 0) is 10.0 Å². The van der Waals surface area contributed by atoms with E-state index in [1.807, 2.05) is 13.0 Å². The molecule has 21 heavy (non-hydrogen) atoms. The number of nitrogen functional groups attached to an aromatic ring is 1. The molecular formula is C15H21N3O2S. The maximum absolute atomic E-state index is 13.0. The third kappa shape index (κ3) is 2.53. The Morgan fingerprint density at radius 1 is 1.29 bits per heavy atom. The number of hydrogen-bond donors (Lipinski definition) is 2. The van der Waals surface area contributed by atoms with E-state index in [0.29, 0.717) is 22.5 Å². The van der Waals surface area contributed by atoms with Crippen molar-refractivity contribution in [3.8, 4) is 0 Å². The molecule has 1 fully saturated rings. The van der Waals surface area contributed by atoms with Gasteiger partial charge in [0.1, 0.15) is 4.90 Å². The summed E-state index contributed by atoms with van der Waals surface area (Å²) in [4.78, 5) is 3.36. The van der Waals surface area contributed by atoms with Crippen molar-refractivity contribution in [1.82, 2.24) is 9.29 Å². The minimum atomic E-state index is -3.49. The molecule has 0 saturated carbocycles. The maximum Gasteiger partial charge on any atom is 0.245 e. The minimum absolute atomic E-state index is 0.0449. The molecule has 5 nitrogen and oxygen atoms in total. The normalized spacial score (nSPS) is 21.5. The van der Waals surface area contributed by atoms with Crippen molar-refractivity contribution in [3.05, 3.63) is 24.4 Å². The van der Waals surface area contributed by atoms with Crippen LogP contribution in [0.5, 0.6) is 0 Å². The first-order chi connectivity index (χ1) is 10.00. The second-order valence-electron chi connectivity index (χ2n) is 5.77. The summed E-state index contributed by atoms with van der Waals surface area (Å²) in [6.45, 7) is 2.59. The average Bonchev–Trinajstić information content (AvgIpc) is 2.73. The fourth-order valence-electron chi connectivity index (χ4n) is 3.06. The van der Waals surface area contributed by atoms with Crippen molar-refractivity contribution in [2.75, 3.05) is 12.3 Å². The van der Waals surface area contributed by atoms with Crippen molar-refractivity contribution >= 4 is 26.6 Å². The predicted molar refractivity (Wildman–Crippen MR) is 84.5 cm³/mol. The first-order valence-corrected chi connectivity index (χ1v) is 8.82. The number of H-pyrrole nitrogens is 1. The van der Waals surface area contributed by atoms with E-state index in [-0.39, 0.29) is 6.04 Å². The van der Waals surface area contributed by atoms with Crippen LogP contribution in [0.25, 0.3) is 10.9 Å². The van der Waals surface area contributed by atoms with E-state index in [2.05, 4.69) is 4.98 Å². The number of rotatable bonds is 2. The lowest BCUT2D eigenvalue weighted by molar-refractivity contribution is 0.342. The van der Waals surface area contributed by atoms with E-state index in [1.165, 1.54) is 0 Å². The van der Waals surface area contributed by atoms with Gasteiger partial charge in [-0.05, 0) is 38.0 Å². The molecule has 0 amide bonds. The molecule has 1 aliphatic rings. The van der Waals surface area contributed by atoms with Gasteiger partial charge in [-0.1, -0.05) is 12.8 Å². The Morgan fingerprint density at radius 2 is 2.10 bits per heavy atom. The van der Waals surface area contributed by atoms with Crippen molar-refractivity contribution < 1.29 is 8.42 Å². The fourth-order valence-corrected chi connectivity index (χ4v) is 4.91. The van der Waals surface area contributed by atoms with Gasteiger partial charge in [-0.15, -0.1) is 0 Å². The van der Waals surface area contributed by atoms with Crippen LogP contribution < -0.4 is 5.73 Å². The summed E-state index contributed by atoms with van der Waals surface area (Å²) in [5.74, 6) is 0. The van der Waals surface area contributed by atoms with Crippen LogP contribution in [0.3, 0.4) is 0 Å². The van der Waals surface area contributed by atoms with E-state index in [1.54, 1.807) is 22.6 Å². The third-order valence-corrected chi connectivity index (χ3v) is 6.30. The summed E-state index contributed by atoms with van der Waals surface area (Å²) in [5.41, 5.74) is 7.17. The highest BCUT2D eigenvalue weighted by molar-refractivity contribution is 7.89. The topological polar surface area (TPSA) is 79.2 Å². The van der Waals surface area contributed by atoms with Gasteiger partial charge in [0.25, 0.3) is 0 Å². The number of sulfonamides is 1. The number of nitrogens with one attached hydrogen (secondary N) is 1. The first kappa shape index (κ1) is 14.4. The number of nitrogens with two attached hydrogens (primary N) is 1. The molecule has 0 radical (unpaired) electrons. The van der Waals surface area contributed by atoms with E-state index in [0.717, 1.165) is 31.2 Å². The quantitative estimate of drug-likeness (QED) is 0.837. The molecule has 0 spiro atoms. The van der Waals surface area contributed by atoms with E-state index in [9.17, 15) is 8.42 Å². The zero-order chi connectivity index (χ0) is 15.0. The second-order valence-corrected chi connectivity index (χ2v) is 7.63. The molecule has 114 valence electrons. The molecule has 1 saturated heterocycles. The zero-order valence-corrected chi connectivity index (χ0v) is 13.0. The van der Waals surface area contributed by atoms with Gasteiger partial charge in [-0.2, -0.15) is 4.31 Å². The fraction of sp³-hybridized carbons (Fsp3) is 0.467. The van der Waals surface area contributed by atoms with E-state index < -0.39 is 10.0 Å². The van der Waals surface area contributed by atoms with Gasteiger partial charge in [-0.25, -0.2) is 8.42 Å². The van der Waals surface area contributed by atoms with Gasteiger partial charge in [0, 0.05) is 35.4 Å². The maximum atomic E-state index is 13.0. The van der Waals surface area contributed by atoms with Crippen LogP contribution in [0.15, 0.2) is 29.3 Å². The van der Waals surface area contributed by atoms with Crippen molar-refractivity contribution in [1.29, 1.82) is 0 Å². The van der Waals surface area contributed by atoms with Gasteiger partial charge >= 0.3 is 0 Å². The van der Waals surface area contributed by atoms with Gasteiger partial charge < -0.3 is 10.7 Å². The molecule has 1 unspecified atom stereocenters. The first-order valence-electron chi connectivity index (χ1n) is 7.38. The number of benzene rings is 1. The third-order valence-electron chi connectivity index (χ3n) is 4.25. The highest BCUT2D eigenvalue weighted by atomic mass is 32.2. The van der Waals surface area contributed by atoms with Crippen LogP contribution in [0, 0.1) is 0 Å². The van der Waals surface area contributed by atoms with Crippen LogP contribution >= 0.6 is 0 Å². The summed E-state index contributed by atoms with van der Waals surface area (Å²) < 4.78 is 27.6. The number of nitrogens with zero attached hydrogens (tertiary/aromatic N) is 1. The number of aromatic amines is 1. The zero-order valence-electron chi connectivity index (χ0n) is 12.2. The minimum Gasteiger partial charge on any atom is -0.399 e. The Balaban J connectivity index is 2.09. The van der Waals surface area contributed by atoms with Crippen LogP contribution in [-0.4, -0.2) is 30.3 Å². The Kier molecular flexibility index (Phi) is 3.67. The number of hydrogen-bond acceptors (Lipinski definition) is 3. The Hall–Kier alpha value is -1.53. The lowest BCUT2D eigenvalue weighted by Crippen LogP contribution is -2.38. The smallest absolute Gasteiger partial charge is 0.245 e. The molecular weight excluding hydrogens is 286 g/mol. The molecule has 3 rings (SSSR count). The number of fused-ring (bicyclic) bond motifs is 1. The summed E-state index contributed by atoms with van der Waals surface area (Å²) >= 11 is 0. The average molecular weight is 307 g/mol. The monoisotopic (exact) mass is 307 g/mol. The summed E-state index contributed by atoms with van der Waals surface area (Å²) in [7, 11) is -3.49. The second kappa shape index (κ2) is 5.35. The predicted octanol–water partition coefficient (Wildman–Crippen LogP) is 2.70. The van der Waals surface area contributed by atoms with Crippen molar-refractivity contribution in [2.45, 2.75) is 43.5 Å². The Labute approximate surface area is 125 Å². The molecule has 1 aromatic carbocycles. The van der Waals surface area contributed by atoms with Gasteiger partial charge in [0.05, 0.1) is 0 Å². The number of aromatic nitrogens is 1. The molecule has 1 aliphatic heterocycles. The molecule has 0 aliphatic carbocycles. The Morgan fingerprint density at radius 3 is 2.90 bits per heavy atom. The highest BCUT2D eigenvalue weighted by Gasteiger charge is 2.31. The molecule has 1 atom stereocenters. The van der Waals surface area contributed by atoms with E-state index >= 15 is 0 Å². The van der Waals surface area contributed by atoms with E-state index in [4.69, 9.17) is 5.73 Å². The molecule has 3 N–H and O–H groups in total. The van der Waals surface area contributed by atoms with Crippen molar-refractivity contribution in [2.24, 2.45) is 0 Å². The van der Waals surface area contributed by atoms with Gasteiger partial charge in [0.2, 0.25) is 10.0 Å². The molecule has 2 aromatic rings. The molecule has 1 aromatic heterocycles. The lowest BCUT2D eigenvalue weighted by Gasteiger charge is -2.25. The van der Waals surface area contributed by atoms with Crippen LogP contribution in [0.2, 0.25) is 0 Å². The Bertz CT molecular complexity index is 751. The van der Waals surface area contributed by atoms with Crippen LogP contribution in [0.1, 0.15) is 32.6 Å². The summed E-state index contributed by atoms with van der Waals surface area (Å²) in [6.07, 6.45) is 5.61. The SMILES string of the molecule is CC1CCCCCN1S(=O)(=O)c1c[nH]c2ccc(N)cc12. The number of anilines is 1. The molecule has 2 heterocycles. The summed E-state index contributed by atoms with van der Waals surface area (Å²) in [5, 5.41) is 0.673. The van der Waals surface area contributed by atoms with Gasteiger partial charge in [-0.3, -0.25) is 0 Å². The standard InChI is InChI=1S/C15H21N3O2S/c1-11-5-3-2-4-8-18(11)21(19,20)15-10-17-14-7-6-12(16)9-13(14)15/h6-7,9-11,17H,2-5,8,16H2,1H3. The largest absolute Gasteiger partial charge is 0.399 e. The summed E-state index contributed by atoms with van der Waals surface area (Å²) in [6, 6.07) is 5.35. The van der Waals surface area contributed by atoms with Crippen LogP contribution in [0.4, 0.5) is 5.69 Å². The molecule has 0 bridgehead atoms.